The third-order valence-corrected chi connectivity index (χ3v) is 5.07. The molecule has 0 bridgehead atoms. The third-order valence-electron chi connectivity index (χ3n) is 5.07. The van der Waals surface area contributed by atoms with Gasteiger partial charge in [-0.05, 0) is 55.5 Å². The molecular weight excluding hydrogens is 402 g/mol. The van der Waals surface area contributed by atoms with Crippen LogP contribution in [0, 0.1) is 11.6 Å². The van der Waals surface area contributed by atoms with Crippen molar-refractivity contribution < 1.29 is 23.1 Å². The van der Waals surface area contributed by atoms with Crippen LogP contribution in [0.25, 0.3) is 0 Å². The Hall–Kier alpha value is -3.74. The van der Waals surface area contributed by atoms with Crippen LogP contribution in [0.5, 0.6) is 5.75 Å². The van der Waals surface area contributed by atoms with Crippen molar-refractivity contribution in [3.63, 3.8) is 0 Å². The lowest BCUT2D eigenvalue weighted by Crippen LogP contribution is -2.37. The Morgan fingerprint density at radius 2 is 1.84 bits per heavy atom. The van der Waals surface area contributed by atoms with Gasteiger partial charge in [0.15, 0.2) is 6.10 Å². The first-order valence-electron chi connectivity index (χ1n) is 9.79. The highest BCUT2D eigenvalue weighted by atomic mass is 19.1. The first-order valence-corrected chi connectivity index (χ1v) is 9.79. The lowest BCUT2D eigenvalue weighted by molar-refractivity contribution is -0.138. The lowest BCUT2D eigenvalue weighted by Gasteiger charge is -2.22. The van der Waals surface area contributed by atoms with Crippen LogP contribution in [0.3, 0.4) is 0 Å². The predicted molar refractivity (Wildman–Crippen MR) is 112 cm³/mol. The van der Waals surface area contributed by atoms with Crippen molar-refractivity contribution in [2.45, 2.75) is 26.1 Å². The minimum Gasteiger partial charge on any atom is -0.481 e. The van der Waals surface area contributed by atoms with Crippen molar-refractivity contribution in [2.24, 2.45) is 0 Å². The summed E-state index contributed by atoms with van der Waals surface area (Å²) in [5.41, 5.74) is 1.92. The summed E-state index contributed by atoms with van der Waals surface area (Å²) in [4.78, 5) is 26.7. The van der Waals surface area contributed by atoms with E-state index in [1.807, 2.05) is 0 Å². The Morgan fingerprint density at radius 3 is 2.58 bits per heavy atom. The van der Waals surface area contributed by atoms with Crippen LogP contribution in [0.15, 0.2) is 66.7 Å². The fourth-order valence-corrected chi connectivity index (χ4v) is 3.45. The zero-order chi connectivity index (χ0) is 22.0. The second kappa shape index (κ2) is 8.55. The molecule has 0 aliphatic carbocycles. The molecule has 5 nitrogen and oxygen atoms in total. The minimum atomic E-state index is -0.729. The quantitative estimate of drug-likeness (QED) is 0.672. The van der Waals surface area contributed by atoms with Crippen molar-refractivity contribution in [3.05, 3.63) is 95.1 Å². The van der Waals surface area contributed by atoms with Crippen LogP contribution >= 0.6 is 0 Å². The molecule has 0 unspecified atom stereocenters. The highest BCUT2D eigenvalue weighted by Crippen LogP contribution is 2.30. The number of amides is 2. The van der Waals surface area contributed by atoms with E-state index in [9.17, 15) is 18.4 Å². The van der Waals surface area contributed by atoms with E-state index in [1.165, 1.54) is 35.2 Å². The van der Waals surface area contributed by atoms with Crippen molar-refractivity contribution in [3.8, 4) is 5.75 Å². The summed E-state index contributed by atoms with van der Waals surface area (Å²) in [5.74, 6) is -0.920. The fraction of sp³-hybridized carbons (Fsp3) is 0.167. The molecule has 1 heterocycles. The molecule has 0 aromatic heterocycles. The number of anilines is 1. The second-order valence-electron chi connectivity index (χ2n) is 7.33. The maximum absolute atomic E-state index is 14.1. The number of carbonyl (C=O) groups excluding carboxylic acids is 2. The number of hydrogen-bond acceptors (Lipinski definition) is 3. The molecule has 0 spiro atoms. The summed E-state index contributed by atoms with van der Waals surface area (Å²) in [6.45, 7) is 1.95. The van der Waals surface area contributed by atoms with Gasteiger partial charge in [0.25, 0.3) is 11.8 Å². The number of nitrogens with one attached hydrogen (secondary N) is 1. The minimum absolute atomic E-state index is 0.102. The molecule has 0 saturated heterocycles. The molecule has 0 radical (unpaired) electrons. The normalized spacial score (nSPS) is 15.6. The fourth-order valence-electron chi connectivity index (χ4n) is 3.45. The van der Waals surface area contributed by atoms with E-state index in [0.717, 1.165) is 0 Å². The molecule has 31 heavy (non-hydrogen) atoms. The summed E-state index contributed by atoms with van der Waals surface area (Å²) in [7, 11) is 0. The van der Waals surface area contributed by atoms with Crippen molar-refractivity contribution >= 4 is 17.5 Å². The van der Waals surface area contributed by atoms with Gasteiger partial charge in [0, 0.05) is 35.5 Å². The third kappa shape index (κ3) is 4.55. The van der Waals surface area contributed by atoms with E-state index >= 15 is 0 Å². The van der Waals surface area contributed by atoms with Crippen LogP contribution in [-0.2, 0) is 17.9 Å². The SMILES string of the molecule is C[C@H]1Oc2ccc(NC(=O)c3ccc(F)cc3)cc2CN(Cc2ccccc2F)C1=O. The van der Waals surface area contributed by atoms with Gasteiger partial charge in [-0.3, -0.25) is 9.59 Å². The molecular formula is C24H20F2N2O3. The maximum atomic E-state index is 14.1. The maximum Gasteiger partial charge on any atom is 0.263 e. The topological polar surface area (TPSA) is 58.6 Å². The van der Waals surface area contributed by atoms with E-state index in [1.54, 1.807) is 43.3 Å². The Kier molecular flexibility index (Phi) is 5.66. The molecule has 158 valence electrons. The zero-order valence-corrected chi connectivity index (χ0v) is 16.8. The molecule has 7 heteroatoms. The molecule has 2 amide bonds. The van der Waals surface area contributed by atoms with E-state index in [-0.39, 0.29) is 30.7 Å². The summed E-state index contributed by atoms with van der Waals surface area (Å²) in [6, 6.07) is 16.6. The van der Waals surface area contributed by atoms with Crippen molar-refractivity contribution in [2.75, 3.05) is 5.32 Å². The highest BCUT2D eigenvalue weighted by Gasteiger charge is 2.28. The van der Waals surface area contributed by atoms with Crippen molar-refractivity contribution in [1.29, 1.82) is 0 Å². The number of fused-ring (bicyclic) bond motifs is 1. The number of carbonyl (C=O) groups is 2. The molecule has 1 aliphatic rings. The summed E-state index contributed by atoms with van der Waals surface area (Å²) >= 11 is 0. The van der Waals surface area contributed by atoms with Crippen LogP contribution in [0.1, 0.15) is 28.4 Å². The number of hydrogen-bond donors (Lipinski definition) is 1. The number of benzene rings is 3. The van der Waals surface area contributed by atoms with Crippen LogP contribution < -0.4 is 10.1 Å². The number of halogens is 2. The molecule has 3 aromatic rings. The van der Waals surface area contributed by atoms with Crippen LogP contribution in [0.2, 0.25) is 0 Å². The van der Waals surface area contributed by atoms with E-state index in [4.69, 9.17) is 4.74 Å². The lowest BCUT2D eigenvalue weighted by atomic mass is 10.1. The molecule has 1 atom stereocenters. The van der Waals surface area contributed by atoms with Gasteiger partial charge in [-0.1, -0.05) is 18.2 Å². The van der Waals surface area contributed by atoms with Gasteiger partial charge >= 0.3 is 0 Å². The molecule has 3 aromatic carbocycles. The van der Waals surface area contributed by atoms with E-state index < -0.39 is 11.9 Å². The Balaban J connectivity index is 1.57. The summed E-state index contributed by atoms with van der Waals surface area (Å²) in [5, 5.41) is 2.76. The summed E-state index contributed by atoms with van der Waals surface area (Å²) < 4.78 is 33.0. The number of ether oxygens (including phenoxy) is 1. The first kappa shape index (κ1) is 20.5. The average Bonchev–Trinajstić information content (AvgIpc) is 2.87. The van der Waals surface area contributed by atoms with Crippen molar-refractivity contribution in [1.82, 2.24) is 4.90 Å². The Labute approximate surface area is 178 Å². The summed E-state index contributed by atoms with van der Waals surface area (Å²) in [6.07, 6.45) is -0.729. The zero-order valence-electron chi connectivity index (χ0n) is 16.8. The monoisotopic (exact) mass is 422 g/mol. The van der Waals surface area contributed by atoms with E-state index in [0.29, 0.717) is 28.1 Å². The average molecular weight is 422 g/mol. The van der Waals surface area contributed by atoms with Gasteiger partial charge < -0.3 is 15.0 Å². The molecule has 0 fully saturated rings. The molecule has 1 aliphatic heterocycles. The van der Waals surface area contributed by atoms with Gasteiger partial charge in [0.2, 0.25) is 0 Å². The molecule has 1 N–H and O–H groups in total. The molecule has 4 rings (SSSR count). The second-order valence-corrected chi connectivity index (χ2v) is 7.33. The van der Waals surface area contributed by atoms with Gasteiger partial charge in [0.1, 0.15) is 17.4 Å². The Morgan fingerprint density at radius 1 is 1.10 bits per heavy atom. The van der Waals surface area contributed by atoms with Gasteiger partial charge in [-0.2, -0.15) is 0 Å². The van der Waals surface area contributed by atoms with Crippen LogP contribution in [-0.4, -0.2) is 22.8 Å². The standard InChI is InChI=1S/C24H20F2N2O3/c1-15-24(30)28(13-17-4-2-3-5-21(17)26)14-18-12-20(10-11-22(18)31-15)27-23(29)16-6-8-19(25)9-7-16/h2-12,15H,13-14H2,1H3,(H,27,29)/t15-/m1/s1. The largest absolute Gasteiger partial charge is 0.481 e. The van der Waals surface area contributed by atoms with E-state index in [2.05, 4.69) is 5.32 Å². The van der Waals surface area contributed by atoms with Gasteiger partial charge in [-0.15, -0.1) is 0 Å². The number of nitrogens with zero attached hydrogens (tertiary/aromatic N) is 1. The van der Waals surface area contributed by atoms with Gasteiger partial charge in [-0.25, -0.2) is 8.78 Å². The highest BCUT2D eigenvalue weighted by molar-refractivity contribution is 6.04. The van der Waals surface area contributed by atoms with Gasteiger partial charge in [0.05, 0.1) is 0 Å². The number of rotatable bonds is 4. The first-order chi connectivity index (χ1) is 14.9. The predicted octanol–water partition coefficient (Wildman–Crippen LogP) is 4.53. The Bertz CT molecular complexity index is 1130. The smallest absolute Gasteiger partial charge is 0.263 e. The molecule has 0 saturated carbocycles. The van der Waals surface area contributed by atoms with Crippen LogP contribution in [0.4, 0.5) is 14.5 Å².